The lowest BCUT2D eigenvalue weighted by Crippen LogP contribution is -2.47. The van der Waals surface area contributed by atoms with Crippen molar-refractivity contribution in [3.8, 4) is 0 Å². The van der Waals surface area contributed by atoms with Crippen molar-refractivity contribution in [2.24, 2.45) is 0 Å². The first-order valence-corrected chi connectivity index (χ1v) is 10.1. The van der Waals surface area contributed by atoms with Crippen molar-refractivity contribution in [2.45, 2.75) is 6.67 Å². The third kappa shape index (κ3) is 4.70. The summed E-state index contributed by atoms with van der Waals surface area (Å²) >= 11 is 11.5. The Hall–Kier alpha value is -2.41. The summed E-state index contributed by atoms with van der Waals surface area (Å²) in [5, 5.41) is 4.07. The Morgan fingerprint density at radius 1 is 1.00 bits per heavy atom. The molecule has 1 saturated heterocycles. The van der Waals surface area contributed by atoms with Crippen LogP contribution >= 0.6 is 23.8 Å². The van der Waals surface area contributed by atoms with Gasteiger partial charge in [0.1, 0.15) is 5.82 Å². The molecule has 0 bridgehead atoms. The second-order valence-electron chi connectivity index (χ2n) is 6.79. The first-order chi connectivity index (χ1) is 13.7. The number of nitrogens with zero attached hydrogens (tertiary/aromatic N) is 4. The Labute approximate surface area is 174 Å². The molecule has 144 valence electrons. The summed E-state index contributed by atoms with van der Waals surface area (Å²) in [5.41, 5.74) is 2.31. The fourth-order valence-corrected chi connectivity index (χ4v) is 3.69. The van der Waals surface area contributed by atoms with Gasteiger partial charge < -0.3 is 4.90 Å². The Morgan fingerprint density at radius 2 is 1.79 bits per heavy atom. The molecule has 0 atom stereocenters. The highest BCUT2D eigenvalue weighted by Gasteiger charge is 2.18. The third-order valence-electron chi connectivity index (χ3n) is 4.82. The van der Waals surface area contributed by atoms with Crippen molar-refractivity contribution in [3.05, 3.63) is 75.8 Å². The maximum absolute atomic E-state index is 6.12. The lowest BCUT2D eigenvalue weighted by atomic mass is 10.2. The minimum atomic E-state index is 0.574. The zero-order chi connectivity index (χ0) is 19.3. The number of piperazine rings is 1. The molecule has 4 rings (SSSR count). The van der Waals surface area contributed by atoms with Gasteiger partial charge in [-0.3, -0.25) is 10.00 Å². The van der Waals surface area contributed by atoms with Crippen LogP contribution in [0.25, 0.3) is 12.2 Å². The molecule has 0 spiro atoms. The van der Waals surface area contributed by atoms with Crippen molar-refractivity contribution < 1.29 is 0 Å². The Morgan fingerprint density at radius 3 is 2.54 bits per heavy atom. The van der Waals surface area contributed by atoms with Crippen LogP contribution in [-0.2, 0) is 6.67 Å². The number of benzene rings is 2. The largest absolute Gasteiger partial charge is 0.369 e. The van der Waals surface area contributed by atoms with Crippen molar-refractivity contribution in [1.82, 2.24) is 19.7 Å². The van der Waals surface area contributed by atoms with Crippen LogP contribution in [0.4, 0.5) is 5.69 Å². The van der Waals surface area contributed by atoms with E-state index in [1.165, 1.54) is 5.69 Å². The van der Waals surface area contributed by atoms with E-state index in [1.54, 1.807) is 0 Å². The van der Waals surface area contributed by atoms with Gasteiger partial charge in [-0.25, -0.2) is 4.68 Å². The molecule has 2 heterocycles. The minimum absolute atomic E-state index is 0.574. The maximum Gasteiger partial charge on any atom is 0.217 e. The van der Waals surface area contributed by atoms with Crippen LogP contribution in [0.1, 0.15) is 11.4 Å². The highest BCUT2D eigenvalue weighted by atomic mass is 35.5. The van der Waals surface area contributed by atoms with Gasteiger partial charge in [-0.1, -0.05) is 54.1 Å². The van der Waals surface area contributed by atoms with Crippen molar-refractivity contribution in [3.63, 3.8) is 0 Å². The van der Waals surface area contributed by atoms with Gasteiger partial charge in [0.15, 0.2) is 0 Å². The zero-order valence-electron chi connectivity index (χ0n) is 15.5. The monoisotopic (exact) mass is 411 g/mol. The Balaban J connectivity index is 1.36. The van der Waals surface area contributed by atoms with Gasteiger partial charge in [-0.2, -0.15) is 4.98 Å². The molecule has 1 fully saturated rings. The molecule has 1 N–H and O–H groups in total. The molecule has 0 amide bonds. The summed E-state index contributed by atoms with van der Waals surface area (Å²) in [7, 11) is 0. The smallest absolute Gasteiger partial charge is 0.217 e. The van der Waals surface area contributed by atoms with Crippen molar-refractivity contribution in [2.75, 3.05) is 31.1 Å². The predicted octanol–water partition coefficient (Wildman–Crippen LogP) is 4.54. The number of hydrogen-bond acceptors (Lipinski definition) is 4. The van der Waals surface area contributed by atoms with E-state index in [9.17, 15) is 0 Å². The molecule has 1 aliphatic heterocycles. The van der Waals surface area contributed by atoms with Crippen LogP contribution in [0.3, 0.4) is 0 Å². The van der Waals surface area contributed by atoms with Gasteiger partial charge in [0.2, 0.25) is 4.77 Å². The highest BCUT2D eigenvalue weighted by Crippen LogP contribution is 2.20. The lowest BCUT2D eigenvalue weighted by Gasteiger charge is -2.36. The molecule has 1 aromatic heterocycles. The Kier molecular flexibility index (Phi) is 5.90. The van der Waals surface area contributed by atoms with Gasteiger partial charge in [0.05, 0.1) is 6.67 Å². The van der Waals surface area contributed by atoms with Gasteiger partial charge in [-0.15, -0.1) is 0 Å². The standard InChI is InChI=1S/C21H22ClN5S/c22-18-7-4-8-19(15-18)26-13-11-25(12-14-26)16-27-21(28)23-20(24-27)10-9-17-5-2-1-3-6-17/h1-10,15H,11-14,16H2,(H,23,24,28)/b10-9+. The molecule has 1 aliphatic rings. The number of hydrogen-bond donors (Lipinski definition) is 1. The van der Waals surface area contributed by atoms with Gasteiger partial charge >= 0.3 is 0 Å². The van der Waals surface area contributed by atoms with Gasteiger partial charge in [-0.05, 0) is 42.1 Å². The minimum Gasteiger partial charge on any atom is -0.369 e. The summed E-state index contributed by atoms with van der Waals surface area (Å²) < 4.78 is 2.50. The molecule has 7 heteroatoms. The normalized spacial score (nSPS) is 15.4. The highest BCUT2D eigenvalue weighted by molar-refractivity contribution is 7.71. The second kappa shape index (κ2) is 8.73. The van der Waals surface area contributed by atoms with Gasteiger partial charge in [0, 0.05) is 36.9 Å². The van der Waals surface area contributed by atoms with E-state index in [4.69, 9.17) is 23.8 Å². The van der Waals surface area contributed by atoms with Crippen LogP contribution in [-0.4, -0.2) is 45.8 Å². The first-order valence-electron chi connectivity index (χ1n) is 9.30. The molecule has 28 heavy (non-hydrogen) atoms. The second-order valence-corrected chi connectivity index (χ2v) is 7.59. The number of nitrogens with one attached hydrogen (secondary N) is 1. The van der Waals surface area contributed by atoms with E-state index < -0.39 is 0 Å². The average molecular weight is 412 g/mol. The first kappa shape index (κ1) is 18.9. The molecule has 5 nitrogen and oxygen atoms in total. The molecule has 0 radical (unpaired) electrons. The average Bonchev–Trinajstić information content (AvgIpc) is 3.07. The van der Waals surface area contributed by atoms with E-state index in [-0.39, 0.29) is 0 Å². The number of aromatic nitrogens is 3. The molecule has 0 saturated carbocycles. The summed E-state index contributed by atoms with van der Waals surface area (Å²) in [5.74, 6) is 0.770. The van der Waals surface area contributed by atoms with E-state index in [0.29, 0.717) is 11.4 Å². The number of H-pyrrole nitrogens is 1. The van der Waals surface area contributed by atoms with Crippen LogP contribution in [0, 0.1) is 4.77 Å². The molecular weight excluding hydrogens is 390 g/mol. The fourth-order valence-electron chi connectivity index (χ4n) is 3.30. The van der Waals surface area contributed by atoms with Crippen LogP contribution in [0.5, 0.6) is 0 Å². The molecule has 2 aromatic carbocycles. The zero-order valence-corrected chi connectivity index (χ0v) is 17.0. The molecule has 3 aromatic rings. The Bertz CT molecular complexity index is 1000. The number of anilines is 1. The van der Waals surface area contributed by atoms with E-state index >= 15 is 0 Å². The summed E-state index contributed by atoms with van der Waals surface area (Å²) in [6.45, 7) is 4.56. The van der Waals surface area contributed by atoms with Crippen molar-refractivity contribution >= 4 is 41.7 Å². The van der Waals surface area contributed by atoms with Crippen LogP contribution < -0.4 is 4.90 Å². The van der Waals surface area contributed by atoms with Gasteiger partial charge in [0.25, 0.3) is 0 Å². The van der Waals surface area contributed by atoms with Crippen LogP contribution in [0.2, 0.25) is 5.02 Å². The maximum atomic E-state index is 6.12. The predicted molar refractivity (Wildman–Crippen MR) is 118 cm³/mol. The fraction of sp³-hybridized carbons (Fsp3) is 0.238. The SMILES string of the molecule is S=c1nc(/C=C/c2ccccc2)[nH]n1CN1CCN(c2cccc(Cl)c2)CC1. The topological polar surface area (TPSA) is 40.1 Å². The quantitative estimate of drug-likeness (QED) is 0.625. The molecule has 0 aliphatic carbocycles. The summed E-state index contributed by atoms with van der Waals surface area (Å²) in [6, 6.07) is 18.2. The summed E-state index contributed by atoms with van der Waals surface area (Å²) in [6.07, 6.45) is 3.99. The summed E-state index contributed by atoms with van der Waals surface area (Å²) in [4.78, 5) is 9.19. The third-order valence-corrected chi connectivity index (χ3v) is 5.36. The number of halogens is 1. The van der Waals surface area contributed by atoms with Crippen molar-refractivity contribution in [1.29, 1.82) is 0 Å². The van der Waals surface area contributed by atoms with E-state index in [0.717, 1.165) is 42.6 Å². The molecular formula is C21H22ClN5S. The lowest BCUT2D eigenvalue weighted by molar-refractivity contribution is 0.194. The number of aromatic amines is 1. The van der Waals surface area contributed by atoms with Crippen LogP contribution in [0.15, 0.2) is 54.6 Å². The number of rotatable bonds is 5. The molecule has 0 unspecified atom stereocenters. The van der Waals surface area contributed by atoms with E-state index in [1.807, 2.05) is 53.2 Å². The van der Waals surface area contributed by atoms with E-state index in [2.05, 4.69) is 38.1 Å².